The van der Waals surface area contributed by atoms with E-state index in [1.807, 2.05) is 30.3 Å². The van der Waals surface area contributed by atoms with Gasteiger partial charge in [-0.25, -0.2) is 0 Å². The second-order valence-electron chi connectivity index (χ2n) is 4.99. The maximum atomic E-state index is 12.2. The first-order chi connectivity index (χ1) is 10.0. The molecule has 1 amide bonds. The van der Waals surface area contributed by atoms with Crippen LogP contribution in [0.2, 0.25) is 0 Å². The van der Waals surface area contributed by atoms with E-state index in [4.69, 9.17) is 4.42 Å². The van der Waals surface area contributed by atoms with Crippen LogP contribution >= 0.6 is 15.9 Å². The van der Waals surface area contributed by atoms with Crippen molar-refractivity contribution >= 4 is 21.8 Å². The summed E-state index contributed by atoms with van der Waals surface area (Å²) in [4.78, 5) is 12.2. The summed E-state index contributed by atoms with van der Waals surface area (Å²) in [6.07, 6.45) is 2.68. The van der Waals surface area contributed by atoms with Gasteiger partial charge in [0.1, 0.15) is 5.54 Å². The number of amides is 1. The van der Waals surface area contributed by atoms with Crippen LogP contribution in [0.15, 0.2) is 51.7 Å². The van der Waals surface area contributed by atoms with E-state index >= 15 is 0 Å². The second-order valence-corrected chi connectivity index (χ2v) is 5.71. The average Bonchev–Trinajstić information content (AvgIpc) is 2.92. The van der Waals surface area contributed by atoms with Crippen LogP contribution in [-0.2, 0) is 6.42 Å². The normalized spacial score (nSPS) is 13.2. The van der Waals surface area contributed by atoms with Gasteiger partial charge in [-0.2, -0.15) is 5.26 Å². The number of halogens is 1. The lowest BCUT2D eigenvalue weighted by Crippen LogP contribution is -2.45. The van der Waals surface area contributed by atoms with Gasteiger partial charge in [-0.05, 0) is 47.3 Å². The minimum Gasteiger partial charge on any atom is -0.457 e. The zero-order valence-corrected chi connectivity index (χ0v) is 13.2. The van der Waals surface area contributed by atoms with Crippen LogP contribution in [0.25, 0.3) is 0 Å². The Balaban J connectivity index is 2.03. The molecule has 5 heteroatoms. The highest BCUT2D eigenvalue weighted by atomic mass is 79.9. The zero-order chi connectivity index (χ0) is 15.3. The summed E-state index contributed by atoms with van der Waals surface area (Å²) in [6, 6.07) is 13.6. The van der Waals surface area contributed by atoms with Crippen molar-refractivity contribution in [1.82, 2.24) is 5.32 Å². The predicted octanol–water partition coefficient (Wildman–Crippen LogP) is 3.69. The summed E-state index contributed by atoms with van der Waals surface area (Å²) in [5.74, 6) is -0.326. The number of nitriles is 1. The standard InChI is InChI=1S/C16H15BrN2O2/c1-16(11-18,9-7-12-5-3-2-4-6-12)19-15(20)13-8-10-21-14(13)17/h2-6,8,10H,7,9H2,1H3,(H,19,20)/t16-/m0/s1. The van der Waals surface area contributed by atoms with Crippen molar-refractivity contribution in [2.45, 2.75) is 25.3 Å². The molecule has 0 aliphatic rings. The van der Waals surface area contributed by atoms with Gasteiger partial charge < -0.3 is 9.73 Å². The van der Waals surface area contributed by atoms with E-state index < -0.39 is 5.54 Å². The van der Waals surface area contributed by atoms with Crippen molar-refractivity contribution in [2.75, 3.05) is 0 Å². The third-order valence-corrected chi connectivity index (χ3v) is 3.87. The van der Waals surface area contributed by atoms with Crippen molar-refractivity contribution in [1.29, 1.82) is 5.26 Å². The molecule has 0 bridgehead atoms. The molecular weight excluding hydrogens is 332 g/mol. The molecule has 0 aliphatic carbocycles. The highest BCUT2D eigenvalue weighted by Crippen LogP contribution is 2.20. The quantitative estimate of drug-likeness (QED) is 0.897. The van der Waals surface area contributed by atoms with Crippen LogP contribution in [0.3, 0.4) is 0 Å². The number of hydrogen-bond acceptors (Lipinski definition) is 3. The molecule has 1 aromatic carbocycles. The van der Waals surface area contributed by atoms with E-state index in [9.17, 15) is 10.1 Å². The average molecular weight is 347 g/mol. The number of furan rings is 1. The van der Waals surface area contributed by atoms with Gasteiger partial charge in [-0.1, -0.05) is 30.3 Å². The first kappa shape index (κ1) is 15.3. The maximum absolute atomic E-state index is 12.2. The lowest BCUT2D eigenvalue weighted by Gasteiger charge is -2.23. The largest absolute Gasteiger partial charge is 0.457 e. The Labute approximate surface area is 131 Å². The Kier molecular flexibility index (Phi) is 4.81. The molecule has 0 saturated carbocycles. The van der Waals surface area contributed by atoms with Crippen molar-refractivity contribution in [3.05, 3.63) is 58.5 Å². The summed E-state index contributed by atoms with van der Waals surface area (Å²) in [6.45, 7) is 1.72. The van der Waals surface area contributed by atoms with Crippen LogP contribution in [0.4, 0.5) is 0 Å². The molecule has 0 saturated heterocycles. The van der Waals surface area contributed by atoms with E-state index in [1.54, 1.807) is 13.0 Å². The van der Waals surface area contributed by atoms with Crippen LogP contribution in [0, 0.1) is 11.3 Å². The van der Waals surface area contributed by atoms with Gasteiger partial charge in [0.2, 0.25) is 0 Å². The molecule has 2 rings (SSSR count). The van der Waals surface area contributed by atoms with Crippen LogP contribution in [0.1, 0.15) is 29.3 Å². The fraction of sp³-hybridized carbons (Fsp3) is 0.250. The minimum atomic E-state index is -0.927. The molecule has 2 aromatic rings. The lowest BCUT2D eigenvalue weighted by molar-refractivity contribution is 0.0920. The number of nitrogens with zero attached hydrogens (tertiary/aromatic N) is 1. The first-order valence-corrected chi connectivity index (χ1v) is 7.34. The molecule has 0 spiro atoms. The van der Waals surface area contributed by atoms with E-state index in [1.165, 1.54) is 6.26 Å². The van der Waals surface area contributed by atoms with Crippen molar-refractivity contribution in [2.24, 2.45) is 0 Å². The van der Waals surface area contributed by atoms with Gasteiger partial charge in [0.25, 0.3) is 5.91 Å². The molecule has 108 valence electrons. The second kappa shape index (κ2) is 6.59. The number of nitrogens with one attached hydrogen (secondary N) is 1. The summed E-state index contributed by atoms with van der Waals surface area (Å²) >= 11 is 3.16. The third-order valence-electron chi connectivity index (χ3n) is 3.26. The summed E-state index contributed by atoms with van der Waals surface area (Å²) < 4.78 is 5.40. The third kappa shape index (κ3) is 3.96. The minimum absolute atomic E-state index is 0.326. The maximum Gasteiger partial charge on any atom is 0.256 e. The molecular formula is C16H15BrN2O2. The molecule has 1 heterocycles. The monoisotopic (exact) mass is 346 g/mol. The highest BCUT2D eigenvalue weighted by molar-refractivity contribution is 9.10. The van der Waals surface area contributed by atoms with Crippen LogP contribution in [0.5, 0.6) is 0 Å². The molecule has 1 aromatic heterocycles. The molecule has 1 atom stereocenters. The van der Waals surface area contributed by atoms with Gasteiger partial charge in [-0.3, -0.25) is 4.79 Å². The summed E-state index contributed by atoms with van der Waals surface area (Å²) in [5, 5.41) is 12.1. The van der Waals surface area contributed by atoms with Crippen LogP contribution < -0.4 is 5.32 Å². The number of benzene rings is 1. The Morgan fingerprint density at radius 3 is 2.67 bits per heavy atom. The summed E-state index contributed by atoms with van der Waals surface area (Å²) in [7, 11) is 0. The summed E-state index contributed by atoms with van der Waals surface area (Å²) in [5.41, 5.74) is 0.595. The number of carbonyl (C=O) groups excluding carboxylic acids is 1. The smallest absolute Gasteiger partial charge is 0.256 e. The van der Waals surface area contributed by atoms with E-state index in [-0.39, 0.29) is 5.91 Å². The number of carbonyl (C=O) groups is 1. The van der Waals surface area contributed by atoms with Gasteiger partial charge in [-0.15, -0.1) is 0 Å². The van der Waals surface area contributed by atoms with Gasteiger partial charge in [0.05, 0.1) is 17.9 Å². The first-order valence-electron chi connectivity index (χ1n) is 6.55. The topological polar surface area (TPSA) is 66.0 Å². The molecule has 0 aliphatic heterocycles. The van der Waals surface area contributed by atoms with Crippen LogP contribution in [-0.4, -0.2) is 11.4 Å². The van der Waals surface area contributed by atoms with Gasteiger partial charge >= 0.3 is 0 Å². The number of rotatable bonds is 5. The molecule has 0 unspecified atom stereocenters. The van der Waals surface area contributed by atoms with Gasteiger partial charge in [0.15, 0.2) is 4.67 Å². The van der Waals surface area contributed by atoms with E-state index in [0.29, 0.717) is 16.7 Å². The Morgan fingerprint density at radius 2 is 2.10 bits per heavy atom. The van der Waals surface area contributed by atoms with E-state index in [2.05, 4.69) is 27.3 Å². The molecule has 1 N–H and O–H groups in total. The molecule has 4 nitrogen and oxygen atoms in total. The van der Waals surface area contributed by atoms with Crippen molar-refractivity contribution in [3.63, 3.8) is 0 Å². The molecule has 0 fully saturated rings. The molecule has 0 radical (unpaired) electrons. The highest BCUT2D eigenvalue weighted by Gasteiger charge is 2.27. The zero-order valence-electron chi connectivity index (χ0n) is 11.6. The lowest BCUT2D eigenvalue weighted by atomic mass is 9.94. The Hall–Kier alpha value is -2.06. The fourth-order valence-electron chi connectivity index (χ4n) is 1.96. The fourth-order valence-corrected chi connectivity index (χ4v) is 2.38. The van der Waals surface area contributed by atoms with Crippen molar-refractivity contribution in [3.8, 4) is 6.07 Å². The number of aryl methyl sites for hydroxylation is 1. The number of hydrogen-bond donors (Lipinski definition) is 1. The van der Waals surface area contributed by atoms with E-state index in [0.717, 1.165) is 12.0 Å². The Morgan fingerprint density at radius 1 is 1.38 bits per heavy atom. The van der Waals surface area contributed by atoms with Gasteiger partial charge in [0, 0.05) is 0 Å². The Bertz CT molecular complexity index is 660. The molecule has 21 heavy (non-hydrogen) atoms. The van der Waals surface area contributed by atoms with Crippen molar-refractivity contribution < 1.29 is 9.21 Å². The SMILES string of the molecule is C[C@@](C#N)(CCc1ccccc1)NC(=O)c1ccoc1Br. The predicted molar refractivity (Wildman–Crippen MR) is 82.7 cm³/mol.